The zero-order valence-electron chi connectivity index (χ0n) is 17.2. The van der Waals surface area contributed by atoms with E-state index in [4.69, 9.17) is 32.7 Å². The number of halogens is 2. The van der Waals surface area contributed by atoms with Gasteiger partial charge in [0.15, 0.2) is 6.61 Å². The van der Waals surface area contributed by atoms with Crippen LogP contribution in [0.25, 0.3) is 0 Å². The van der Waals surface area contributed by atoms with E-state index in [0.29, 0.717) is 34.1 Å². The van der Waals surface area contributed by atoms with Crippen molar-refractivity contribution in [1.29, 1.82) is 0 Å². The Hall–Kier alpha value is -1.99. The van der Waals surface area contributed by atoms with Crippen molar-refractivity contribution in [3.05, 3.63) is 58.6 Å². The maximum atomic E-state index is 12.1. The maximum Gasteiger partial charge on any atom is 0.258 e. The fourth-order valence-electron chi connectivity index (χ4n) is 3.48. The number of hydrogen-bond acceptors (Lipinski definition) is 5. The van der Waals surface area contributed by atoms with Gasteiger partial charge in [0, 0.05) is 28.7 Å². The lowest BCUT2D eigenvalue weighted by molar-refractivity contribution is -0.124. The number of benzene rings is 2. The Morgan fingerprint density at radius 3 is 2.00 bits per heavy atom. The largest absolute Gasteiger partial charge is 0.491 e. The van der Waals surface area contributed by atoms with E-state index in [1.165, 1.54) is 0 Å². The van der Waals surface area contributed by atoms with Crippen LogP contribution in [-0.2, 0) is 4.79 Å². The lowest BCUT2D eigenvalue weighted by atomic mass is 9.91. The highest BCUT2D eigenvalue weighted by molar-refractivity contribution is 6.30. The van der Waals surface area contributed by atoms with Crippen molar-refractivity contribution in [3.8, 4) is 11.5 Å². The molecule has 0 aromatic heterocycles. The summed E-state index contributed by atoms with van der Waals surface area (Å²) in [5.41, 5.74) is 0. The van der Waals surface area contributed by atoms with Crippen molar-refractivity contribution in [1.82, 2.24) is 10.6 Å². The molecule has 3 N–H and O–H groups in total. The second-order valence-corrected chi connectivity index (χ2v) is 8.56. The van der Waals surface area contributed by atoms with Gasteiger partial charge in [-0.3, -0.25) is 4.79 Å². The SMILES string of the molecule is O=C(COc1ccc(Cl)cc1)N[C@H]1CC[C@@H](NC[C@H](O)COc2ccc(Cl)cc2)CC1. The summed E-state index contributed by atoms with van der Waals surface area (Å²) in [7, 11) is 0. The predicted molar refractivity (Wildman–Crippen MR) is 122 cm³/mol. The molecule has 31 heavy (non-hydrogen) atoms. The van der Waals surface area contributed by atoms with E-state index < -0.39 is 6.10 Å². The zero-order valence-corrected chi connectivity index (χ0v) is 18.7. The van der Waals surface area contributed by atoms with Crippen molar-refractivity contribution in [2.45, 2.75) is 43.9 Å². The number of aliphatic hydroxyl groups is 1. The molecule has 168 valence electrons. The van der Waals surface area contributed by atoms with Gasteiger partial charge in [-0.2, -0.15) is 0 Å². The standard InChI is InChI=1S/C23H28Cl2N2O4/c24-16-1-9-21(10-2-16)30-14-20(28)13-26-18-5-7-19(8-6-18)27-23(29)15-31-22-11-3-17(25)4-12-22/h1-4,9-12,18-20,26,28H,5-8,13-15H2,(H,27,29)/t18-,19+,20-/m0/s1. The fraction of sp³-hybridized carbons (Fsp3) is 0.435. The molecule has 1 amide bonds. The summed E-state index contributed by atoms with van der Waals surface area (Å²) in [5.74, 6) is 1.17. The Labute approximate surface area is 192 Å². The minimum Gasteiger partial charge on any atom is -0.491 e. The lowest BCUT2D eigenvalue weighted by Gasteiger charge is -2.30. The van der Waals surface area contributed by atoms with Crippen LogP contribution in [0.15, 0.2) is 48.5 Å². The first-order chi connectivity index (χ1) is 15.0. The molecule has 0 bridgehead atoms. The molecule has 0 spiro atoms. The normalized spacial score (nSPS) is 19.5. The first-order valence-electron chi connectivity index (χ1n) is 10.5. The van der Waals surface area contributed by atoms with Crippen molar-refractivity contribution in [3.63, 3.8) is 0 Å². The number of amides is 1. The summed E-state index contributed by atoms with van der Waals surface area (Å²) in [6.07, 6.45) is 3.06. The number of hydrogen-bond donors (Lipinski definition) is 3. The number of carbonyl (C=O) groups is 1. The van der Waals surface area contributed by atoms with Crippen molar-refractivity contribution in [2.24, 2.45) is 0 Å². The van der Waals surface area contributed by atoms with Crippen LogP contribution in [0, 0.1) is 0 Å². The van der Waals surface area contributed by atoms with Gasteiger partial charge in [0.2, 0.25) is 0 Å². The summed E-state index contributed by atoms with van der Waals surface area (Å²) in [5, 5.41) is 17.8. The van der Waals surface area contributed by atoms with Crippen LogP contribution >= 0.6 is 23.2 Å². The van der Waals surface area contributed by atoms with E-state index in [1.807, 2.05) is 0 Å². The second kappa shape index (κ2) is 12.2. The van der Waals surface area contributed by atoms with Crippen LogP contribution in [-0.4, -0.2) is 49.0 Å². The molecule has 0 aliphatic heterocycles. The molecular formula is C23H28Cl2N2O4. The van der Waals surface area contributed by atoms with E-state index in [-0.39, 0.29) is 25.2 Å². The fourth-order valence-corrected chi connectivity index (χ4v) is 3.73. The highest BCUT2D eigenvalue weighted by atomic mass is 35.5. The minimum atomic E-state index is -0.599. The van der Waals surface area contributed by atoms with Crippen molar-refractivity contribution >= 4 is 29.1 Å². The van der Waals surface area contributed by atoms with Gasteiger partial charge in [-0.05, 0) is 74.2 Å². The van der Waals surface area contributed by atoms with Crippen molar-refractivity contribution < 1.29 is 19.4 Å². The molecule has 8 heteroatoms. The number of rotatable bonds is 10. The third-order valence-electron chi connectivity index (χ3n) is 5.17. The molecule has 2 aromatic carbocycles. The van der Waals surface area contributed by atoms with Crippen LogP contribution in [0.2, 0.25) is 10.0 Å². The van der Waals surface area contributed by atoms with E-state index in [2.05, 4.69) is 10.6 Å². The lowest BCUT2D eigenvalue weighted by Crippen LogP contribution is -2.45. The van der Waals surface area contributed by atoms with Gasteiger partial charge in [0.25, 0.3) is 5.91 Å². The summed E-state index contributed by atoms with van der Waals surface area (Å²) in [6, 6.07) is 14.5. The molecule has 2 aromatic rings. The molecular weight excluding hydrogens is 439 g/mol. The first kappa shape index (κ1) is 23.7. The Kier molecular flexibility index (Phi) is 9.28. The molecule has 0 radical (unpaired) electrons. The third-order valence-corrected chi connectivity index (χ3v) is 5.68. The molecule has 1 atom stereocenters. The predicted octanol–water partition coefficient (Wildman–Crippen LogP) is 3.83. The van der Waals surface area contributed by atoms with Crippen LogP contribution in [0.3, 0.4) is 0 Å². The van der Waals surface area contributed by atoms with Crippen LogP contribution in [0.4, 0.5) is 0 Å². The number of aliphatic hydroxyl groups excluding tert-OH is 1. The van der Waals surface area contributed by atoms with Gasteiger partial charge in [0.1, 0.15) is 24.2 Å². The van der Waals surface area contributed by atoms with Gasteiger partial charge in [-0.1, -0.05) is 23.2 Å². The highest BCUT2D eigenvalue weighted by Crippen LogP contribution is 2.19. The Bertz CT molecular complexity index is 809. The van der Waals surface area contributed by atoms with Crippen LogP contribution < -0.4 is 20.1 Å². The van der Waals surface area contributed by atoms with Gasteiger partial charge >= 0.3 is 0 Å². The quantitative estimate of drug-likeness (QED) is 0.495. The minimum absolute atomic E-state index is 0.0143. The zero-order chi connectivity index (χ0) is 22.1. The molecule has 1 saturated carbocycles. The Balaban J connectivity index is 1.27. The average Bonchev–Trinajstić information content (AvgIpc) is 2.78. The van der Waals surface area contributed by atoms with E-state index in [9.17, 15) is 9.90 Å². The van der Waals surface area contributed by atoms with E-state index in [1.54, 1.807) is 48.5 Å². The van der Waals surface area contributed by atoms with Gasteiger partial charge in [-0.15, -0.1) is 0 Å². The molecule has 0 saturated heterocycles. The Morgan fingerprint density at radius 1 is 0.903 bits per heavy atom. The Morgan fingerprint density at radius 2 is 1.42 bits per heavy atom. The summed E-state index contributed by atoms with van der Waals surface area (Å²) < 4.78 is 11.1. The molecule has 1 aliphatic carbocycles. The summed E-state index contributed by atoms with van der Waals surface area (Å²) in [6.45, 7) is 0.664. The van der Waals surface area contributed by atoms with Crippen molar-refractivity contribution in [2.75, 3.05) is 19.8 Å². The van der Waals surface area contributed by atoms with Gasteiger partial charge in [-0.25, -0.2) is 0 Å². The third kappa shape index (κ3) is 8.57. The smallest absolute Gasteiger partial charge is 0.258 e. The van der Waals surface area contributed by atoms with Crippen LogP contribution in [0.1, 0.15) is 25.7 Å². The summed E-state index contributed by atoms with van der Waals surface area (Å²) >= 11 is 11.7. The van der Waals surface area contributed by atoms with Gasteiger partial charge < -0.3 is 25.2 Å². The van der Waals surface area contributed by atoms with Gasteiger partial charge in [0.05, 0.1) is 0 Å². The topological polar surface area (TPSA) is 79.8 Å². The molecule has 3 rings (SSSR count). The number of carbonyl (C=O) groups excluding carboxylic acids is 1. The number of nitrogens with one attached hydrogen (secondary N) is 2. The first-order valence-corrected chi connectivity index (χ1v) is 11.2. The summed E-state index contributed by atoms with van der Waals surface area (Å²) in [4.78, 5) is 12.1. The molecule has 0 heterocycles. The van der Waals surface area contributed by atoms with E-state index >= 15 is 0 Å². The molecule has 0 unspecified atom stereocenters. The maximum absolute atomic E-state index is 12.1. The van der Waals surface area contributed by atoms with E-state index in [0.717, 1.165) is 25.7 Å². The second-order valence-electron chi connectivity index (χ2n) is 7.69. The average molecular weight is 467 g/mol. The monoisotopic (exact) mass is 466 g/mol. The number of ether oxygens (including phenoxy) is 2. The molecule has 1 fully saturated rings. The highest BCUT2D eigenvalue weighted by Gasteiger charge is 2.23. The van der Waals surface area contributed by atoms with Crippen LogP contribution in [0.5, 0.6) is 11.5 Å². The molecule has 6 nitrogen and oxygen atoms in total. The molecule has 1 aliphatic rings.